The van der Waals surface area contributed by atoms with E-state index in [0.717, 1.165) is 32.7 Å². The van der Waals surface area contributed by atoms with Crippen LogP contribution in [0.25, 0.3) is 0 Å². The van der Waals surface area contributed by atoms with Gasteiger partial charge in [-0.1, -0.05) is 0 Å². The van der Waals surface area contributed by atoms with E-state index >= 15 is 0 Å². The zero-order valence-corrected chi connectivity index (χ0v) is 12.7. The van der Waals surface area contributed by atoms with Crippen LogP contribution in [0.5, 0.6) is 0 Å². The van der Waals surface area contributed by atoms with E-state index in [0.29, 0.717) is 11.3 Å². The molecule has 116 valence electrons. The van der Waals surface area contributed by atoms with Crippen LogP contribution in [0.2, 0.25) is 0 Å². The van der Waals surface area contributed by atoms with Crippen LogP contribution in [-0.4, -0.2) is 41.9 Å². The number of carbonyl (C=O) groups excluding carboxylic acids is 1. The number of hydrogen-bond acceptors (Lipinski definition) is 4. The summed E-state index contributed by atoms with van der Waals surface area (Å²) in [5, 5.41) is 0. The van der Waals surface area contributed by atoms with Gasteiger partial charge in [-0.25, -0.2) is 0 Å². The maximum absolute atomic E-state index is 12.4. The van der Waals surface area contributed by atoms with Crippen molar-refractivity contribution >= 4 is 5.91 Å². The second-order valence-electron chi connectivity index (χ2n) is 6.64. The van der Waals surface area contributed by atoms with E-state index in [1.54, 1.807) is 18.6 Å². The molecule has 0 atom stereocenters. The number of rotatable bonds is 3. The number of furan rings is 2. The summed E-state index contributed by atoms with van der Waals surface area (Å²) in [5.41, 5.74) is 2.21. The van der Waals surface area contributed by atoms with Crippen molar-refractivity contribution in [1.82, 2.24) is 9.80 Å². The minimum Gasteiger partial charge on any atom is -0.472 e. The van der Waals surface area contributed by atoms with Gasteiger partial charge in [0, 0.05) is 37.2 Å². The molecular formula is C17H20N2O3. The number of amides is 1. The average Bonchev–Trinajstić information content (AvgIpc) is 3.17. The molecule has 2 aliphatic heterocycles. The lowest BCUT2D eigenvalue weighted by Crippen LogP contribution is -2.59. The summed E-state index contributed by atoms with van der Waals surface area (Å²) in [4.78, 5) is 16.8. The second kappa shape index (κ2) is 5.02. The van der Waals surface area contributed by atoms with Gasteiger partial charge in [-0.05, 0) is 32.0 Å². The Morgan fingerprint density at radius 2 is 2.14 bits per heavy atom. The van der Waals surface area contributed by atoms with E-state index in [9.17, 15) is 4.79 Å². The maximum atomic E-state index is 12.4. The van der Waals surface area contributed by atoms with Crippen molar-refractivity contribution in [1.29, 1.82) is 0 Å². The van der Waals surface area contributed by atoms with Crippen molar-refractivity contribution in [2.24, 2.45) is 5.41 Å². The topological polar surface area (TPSA) is 49.8 Å². The predicted octanol–water partition coefficient (Wildman–Crippen LogP) is 2.53. The first kappa shape index (κ1) is 13.6. The Morgan fingerprint density at radius 3 is 2.82 bits per heavy atom. The van der Waals surface area contributed by atoms with Gasteiger partial charge in [0.25, 0.3) is 5.91 Å². The Labute approximate surface area is 129 Å². The van der Waals surface area contributed by atoms with Crippen molar-refractivity contribution < 1.29 is 13.6 Å². The monoisotopic (exact) mass is 300 g/mol. The van der Waals surface area contributed by atoms with Gasteiger partial charge in [0.1, 0.15) is 5.76 Å². The predicted molar refractivity (Wildman–Crippen MR) is 80.4 cm³/mol. The molecule has 0 bridgehead atoms. The Morgan fingerprint density at radius 1 is 1.27 bits per heavy atom. The molecule has 2 aromatic rings. The molecule has 4 heterocycles. The molecule has 5 heteroatoms. The Balaban J connectivity index is 1.35. The van der Waals surface area contributed by atoms with Crippen LogP contribution in [0.15, 0.2) is 39.8 Å². The fraction of sp³-hybridized carbons (Fsp3) is 0.471. The van der Waals surface area contributed by atoms with E-state index in [1.165, 1.54) is 12.0 Å². The summed E-state index contributed by atoms with van der Waals surface area (Å²) in [5.74, 6) is 0.809. The number of aryl methyl sites for hydroxylation is 1. The van der Waals surface area contributed by atoms with Crippen molar-refractivity contribution in [2.45, 2.75) is 19.9 Å². The molecule has 0 unspecified atom stereocenters. The smallest absolute Gasteiger partial charge is 0.257 e. The molecular weight excluding hydrogens is 280 g/mol. The van der Waals surface area contributed by atoms with E-state index in [4.69, 9.17) is 8.83 Å². The quantitative estimate of drug-likeness (QED) is 0.874. The average molecular weight is 300 g/mol. The van der Waals surface area contributed by atoms with Gasteiger partial charge < -0.3 is 13.7 Å². The van der Waals surface area contributed by atoms with Crippen molar-refractivity contribution in [3.8, 4) is 0 Å². The van der Waals surface area contributed by atoms with Crippen LogP contribution in [0.1, 0.15) is 28.1 Å². The van der Waals surface area contributed by atoms with Gasteiger partial charge in [0.15, 0.2) is 0 Å². The van der Waals surface area contributed by atoms with Crippen LogP contribution >= 0.6 is 0 Å². The molecule has 1 spiro atoms. The summed E-state index contributed by atoms with van der Waals surface area (Å²) in [6, 6.07) is 3.78. The molecule has 0 aliphatic carbocycles. The lowest BCUT2D eigenvalue weighted by molar-refractivity contribution is 0.0102. The van der Waals surface area contributed by atoms with Crippen molar-refractivity contribution in [3.63, 3.8) is 0 Å². The Hall–Kier alpha value is -2.01. The summed E-state index contributed by atoms with van der Waals surface area (Å²) >= 11 is 0. The van der Waals surface area contributed by atoms with Gasteiger partial charge in [0.05, 0.1) is 24.4 Å². The van der Waals surface area contributed by atoms with Crippen LogP contribution in [0.4, 0.5) is 0 Å². The molecule has 2 fully saturated rings. The van der Waals surface area contributed by atoms with Crippen molar-refractivity contribution in [2.75, 3.05) is 26.2 Å². The third kappa shape index (κ3) is 2.25. The zero-order chi connectivity index (χ0) is 15.2. The lowest BCUT2D eigenvalue weighted by Gasteiger charge is -2.48. The highest BCUT2D eigenvalue weighted by atomic mass is 16.3. The first-order chi connectivity index (χ1) is 10.7. The third-order valence-electron chi connectivity index (χ3n) is 4.93. The Bertz CT molecular complexity index is 668. The second-order valence-corrected chi connectivity index (χ2v) is 6.64. The molecule has 1 amide bonds. The highest BCUT2D eigenvalue weighted by Crippen LogP contribution is 2.40. The molecule has 22 heavy (non-hydrogen) atoms. The number of hydrogen-bond donors (Lipinski definition) is 0. The highest BCUT2D eigenvalue weighted by molar-refractivity contribution is 5.95. The Kier molecular flexibility index (Phi) is 3.11. The molecule has 5 nitrogen and oxygen atoms in total. The fourth-order valence-corrected chi connectivity index (χ4v) is 3.75. The first-order valence-corrected chi connectivity index (χ1v) is 7.72. The normalized spacial score (nSPS) is 20.5. The van der Waals surface area contributed by atoms with Gasteiger partial charge in [-0.3, -0.25) is 9.69 Å². The highest BCUT2D eigenvalue weighted by Gasteiger charge is 2.49. The van der Waals surface area contributed by atoms with Gasteiger partial charge in [0.2, 0.25) is 0 Å². The fourth-order valence-electron chi connectivity index (χ4n) is 3.75. The van der Waals surface area contributed by atoms with Gasteiger partial charge in [-0.2, -0.15) is 0 Å². The molecule has 2 aliphatic rings. The molecule has 4 rings (SSSR count). The minimum atomic E-state index is 0.102. The summed E-state index contributed by atoms with van der Waals surface area (Å²) in [7, 11) is 0. The van der Waals surface area contributed by atoms with E-state index in [-0.39, 0.29) is 11.3 Å². The van der Waals surface area contributed by atoms with Crippen LogP contribution in [0, 0.1) is 12.3 Å². The van der Waals surface area contributed by atoms with E-state index in [1.807, 2.05) is 24.2 Å². The summed E-state index contributed by atoms with van der Waals surface area (Å²) < 4.78 is 10.4. The van der Waals surface area contributed by atoms with E-state index < -0.39 is 0 Å². The maximum Gasteiger partial charge on any atom is 0.257 e. The first-order valence-electron chi connectivity index (χ1n) is 7.72. The zero-order valence-electron chi connectivity index (χ0n) is 12.7. The number of nitrogens with zero attached hydrogens (tertiary/aromatic N) is 2. The van der Waals surface area contributed by atoms with E-state index in [2.05, 4.69) is 4.90 Å². The molecule has 0 saturated carbocycles. The molecule has 0 aromatic carbocycles. The van der Waals surface area contributed by atoms with Gasteiger partial charge >= 0.3 is 0 Å². The summed E-state index contributed by atoms with van der Waals surface area (Å²) in [6.07, 6.45) is 6.28. The standard InChI is InChI=1S/C17H20N2O3/c1-13-15(3-7-22-13)16(20)19-11-17(12-19)4-5-18(10-17)8-14-2-6-21-9-14/h2-3,6-7,9H,4-5,8,10-12H2,1H3. The lowest BCUT2D eigenvalue weighted by atomic mass is 9.78. The summed E-state index contributed by atoms with van der Waals surface area (Å²) in [6.45, 7) is 6.65. The van der Waals surface area contributed by atoms with Gasteiger partial charge in [-0.15, -0.1) is 0 Å². The molecule has 0 N–H and O–H groups in total. The largest absolute Gasteiger partial charge is 0.472 e. The number of carbonyl (C=O) groups is 1. The molecule has 2 aromatic heterocycles. The van der Waals surface area contributed by atoms with Crippen LogP contribution < -0.4 is 0 Å². The van der Waals surface area contributed by atoms with Crippen LogP contribution in [0.3, 0.4) is 0 Å². The van der Waals surface area contributed by atoms with Crippen LogP contribution in [-0.2, 0) is 6.54 Å². The van der Waals surface area contributed by atoms with Crippen molar-refractivity contribution in [3.05, 3.63) is 47.8 Å². The third-order valence-corrected chi connectivity index (χ3v) is 4.93. The number of likely N-dealkylation sites (tertiary alicyclic amines) is 2. The molecule has 2 saturated heterocycles. The minimum absolute atomic E-state index is 0.102. The SMILES string of the molecule is Cc1occc1C(=O)N1CC2(CCN(Cc3ccoc3)C2)C1. The molecule has 0 radical (unpaired) electrons.